The van der Waals surface area contributed by atoms with Gasteiger partial charge < -0.3 is 4.79 Å². The lowest BCUT2D eigenvalue weighted by atomic mass is 10.0. The number of hydrogen-bond acceptors (Lipinski definition) is 1. The third kappa shape index (κ3) is 5.80. The highest BCUT2D eigenvalue weighted by Crippen LogP contribution is 2.10. The lowest BCUT2D eigenvalue weighted by Gasteiger charge is -2.05. The second-order valence-corrected chi connectivity index (χ2v) is 3.11. The molecule has 0 heterocycles. The fourth-order valence-corrected chi connectivity index (χ4v) is 0.904. The summed E-state index contributed by atoms with van der Waals surface area (Å²) in [6.07, 6.45) is 4.28. The first-order chi connectivity index (χ1) is 4.66. The SMILES string of the molecule is CC[C@@H](C)CCCC(C)=O. The largest absolute Gasteiger partial charge is 0.300 e. The molecule has 0 aromatic heterocycles. The molecular weight excluding hydrogens is 124 g/mol. The molecule has 0 aromatic rings. The van der Waals surface area contributed by atoms with Gasteiger partial charge in [-0.15, -0.1) is 0 Å². The Hall–Kier alpha value is -0.330. The first kappa shape index (κ1) is 9.67. The molecule has 0 amide bonds. The average Bonchev–Trinajstić information content (AvgIpc) is 1.87. The molecule has 1 heteroatoms. The molecule has 0 spiro atoms. The van der Waals surface area contributed by atoms with Crippen molar-refractivity contribution >= 4 is 5.78 Å². The molecule has 0 aliphatic heterocycles. The smallest absolute Gasteiger partial charge is 0.129 e. The van der Waals surface area contributed by atoms with Gasteiger partial charge in [0.15, 0.2) is 0 Å². The number of carbonyl (C=O) groups is 1. The van der Waals surface area contributed by atoms with Crippen LogP contribution in [0, 0.1) is 5.92 Å². The molecule has 0 saturated carbocycles. The van der Waals surface area contributed by atoms with E-state index in [0.717, 1.165) is 18.8 Å². The Kier molecular flexibility index (Phi) is 5.27. The number of rotatable bonds is 5. The lowest BCUT2D eigenvalue weighted by Crippen LogP contribution is -1.95. The summed E-state index contributed by atoms with van der Waals surface area (Å²) in [4.78, 5) is 10.5. The van der Waals surface area contributed by atoms with Crippen LogP contribution in [0.1, 0.15) is 46.5 Å². The summed E-state index contributed by atoms with van der Waals surface area (Å²) in [6.45, 7) is 6.09. The molecule has 1 nitrogen and oxygen atoms in total. The maximum Gasteiger partial charge on any atom is 0.129 e. The van der Waals surface area contributed by atoms with E-state index >= 15 is 0 Å². The van der Waals surface area contributed by atoms with Crippen molar-refractivity contribution in [3.05, 3.63) is 0 Å². The van der Waals surface area contributed by atoms with Crippen LogP contribution in [0.5, 0.6) is 0 Å². The van der Waals surface area contributed by atoms with Gasteiger partial charge in [0.1, 0.15) is 5.78 Å². The molecule has 0 aliphatic carbocycles. The van der Waals surface area contributed by atoms with E-state index in [2.05, 4.69) is 13.8 Å². The Balaban J connectivity index is 3.11. The van der Waals surface area contributed by atoms with Gasteiger partial charge in [-0.05, 0) is 19.3 Å². The molecule has 0 aliphatic rings. The van der Waals surface area contributed by atoms with Crippen molar-refractivity contribution < 1.29 is 4.79 Å². The van der Waals surface area contributed by atoms with Crippen LogP contribution in [-0.2, 0) is 4.79 Å². The number of hydrogen-bond donors (Lipinski definition) is 0. The van der Waals surface area contributed by atoms with Crippen molar-refractivity contribution in [3.63, 3.8) is 0 Å². The summed E-state index contributed by atoms with van der Waals surface area (Å²) < 4.78 is 0. The van der Waals surface area contributed by atoms with E-state index in [1.54, 1.807) is 6.92 Å². The first-order valence-corrected chi connectivity index (χ1v) is 4.16. The van der Waals surface area contributed by atoms with Gasteiger partial charge in [0.2, 0.25) is 0 Å². The third-order valence-corrected chi connectivity index (χ3v) is 1.92. The minimum Gasteiger partial charge on any atom is -0.300 e. The van der Waals surface area contributed by atoms with E-state index in [9.17, 15) is 4.79 Å². The number of Topliss-reactive ketones (excluding diaryl/α,β-unsaturated/α-hetero) is 1. The van der Waals surface area contributed by atoms with Gasteiger partial charge in [0.05, 0.1) is 0 Å². The van der Waals surface area contributed by atoms with E-state index in [1.807, 2.05) is 0 Å². The maximum absolute atomic E-state index is 10.5. The second-order valence-electron chi connectivity index (χ2n) is 3.11. The molecule has 10 heavy (non-hydrogen) atoms. The molecule has 0 radical (unpaired) electrons. The lowest BCUT2D eigenvalue weighted by molar-refractivity contribution is -0.117. The van der Waals surface area contributed by atoms with Crippen LogP contribution < -0.4 is 0 Å². The van der Waals surface area contributed by atoms with Gasteiger partial charge in [-0.2, -0.15) is 0 Å². The normalized spacial score (nSPS) is 13.1. The fraction of sp³-hybridized carbons (Fsp3) is 0.889. The second kappa shape index (κ2) is 5.45. The molecular formula is C9H18O. The molecule has 1 atom stereocenters. The summed E-state index contributed by atoms with van der Waals surface area (Å²) in [6, 6.07) is 0. The van der Waals surface area contributed by atoms with Crippen molar-refractivity contribution in [1.29, 1.82) is 0 Å². The molecule has 0 unspecified atom stereocenters. The van der Waals surface area contributed by atoms with Gasteiger partial charge in [-0.25, -0.2) is 0 Å². The highest BCUT2D eigenvalue weighted by molar-refractivity contribution is 5.75. The van der Waals surface area contributed by atoms with Crippen LogP contribution in [0.3, 0.4) is 0 Å². The van der Waals surface area contributed by atoms with Crippen molar-refractivity contribution in [2.75, 3.05) is 0 Å². The standard InChI is InChI=1S/C9H18O/c1-4-8(2)6-5-7-9(3)10/h8H,4-7H2,1-3H3/t8-/m1/s1. The topological polar surface area (TPSA) is 17.1 Å². The Morgan fingerprint density at radius 1 is 1.50 bits per heavy atom. The minimum absolute atomic E-state index is 0.323. The molecule has 0 bridgehead atoms. The van der Waals surface area contributed by atoms with E-state index < -0.39 is 0 Å². The zero-order valence-electron chi connectivity index (χ0n) is 7.31. The Morgan fingerprint density at radius 3 is 2.50 bits per heavy atom. The number of carbonyl (C=O) groups excluding carboxylic acids is 1. The van der Waals surface area contributed by atoms with Crippen LogP contribution >= 0.6 is 0 Å². The third-order valence-electron chi connectivity index (χ3n) is 1.92. The summed E-state index contributed by atoms with van der Waals surface area (Å²) in [5.74, 6) is 1.11. The van der Waals surface area contributed by atoms with Crippen LogP contribution in [0.25, 0.3) is 0 Å². The Bertz CT molecular complexity index is 96.9. The van der Waals surface area contributed by atoms with Crippen LogP contribution in [0.15, 0.2) is 0 Å². The van der Waals surface area contributed by atoms with Gasteiger partial charge in [0.25, 0.3) is 0 Å². The summed E-state index contributed by atoms with van der Waals surface area (Å²) >= 11 is 0. The molecule has 0 aromatic carbocycles. The van der Waals surface area contributed by atoms with Crippen molar-refractivity contribution in [2.24, 2.45) is 5.92 Å². The van der Waals surface area contributed by atoms with Crippen LogP contribution in [0.4, 0.5) is 0 Å². The van der Waals surface area contributed by atoms with Gasteiger partial charge in [-0.3, -0.25) is 0 Å². The van der Waals surface area contributed by atoms with E-state index in [0.29, 0.717) is 5.78 Å². The Labute approximate surface area is 63.8 Å². The first-order valence-electron chi connectivity index (χ1n) is 4.16. The molecule has 0 N–H and O–H groups in total. The molecule has 0 rings (SSSR count). The van der Waals surface area contributed by atoms with E-state index in [-0.39, 0.29) is 0 Å². The highest BCUT2D eigenvalue weighted by atomic mass is 16.1. The minimum atomic E-state index is 0.323. The quantitative estimate of drug-likeness (QED) is 0.577. The molecule has 60 valence electrons. The summed E-state index contributed by atoms with van der Waals surface area (Å²) in [5, 5.41) is 0. The molecule has 0 fully saturated rings. The van der Waals surface area contributed by atoms with Gasteiger partial charge >= 0.3 is 0 Å². The van der Waals surface area contributed by atoms with Crippen LogP contribution in [0.2, 0.25) is 0 Å². The highest BCUT2D eigenvalue weighted by Gasteiger charge is 1.99. The number of ketones is 1. The average molecular weight is 142 g/mol. The molecule has 0 saturated heterocycles. The van der Waals surface area contributed by atoms with Gasteiger partial charge in [-0.1, -0.05) is 26.7 Å². The van der Waals surface area contributed by atoms with Crippen molar-refractivity contribution in [2.45, 2.75) is 46.5 Å². The predicted octanol–water partition coefficient (Wildman–Crippen LogP) is 2.79. The van der Waals surface area contributed by atoms with E-state index in [4.69, 9.17) is 0 Å². The summed E-state index contributed by atoms with van der Waals surface area (Å²) in [5.41, 5.74) is 0. The summed E-state index contributed by atoms with van der Waals surface area (Å²) in [7, 11) is 0. The van der Waals surface area contributed by atoms with Gasteiger partial charge in [0, 0.05) is 6.42 Å². The zero-order chi connectivity index (χ0) is 7.98. The zero-order valence-corrected chi connectivity index (χ0v) is 7.31. The maximum atomic E-state index is 10.5. The van der Waals surface area contributed by atoms with Crippen molar-refractivity contribution in [1.82, 2.24) is 0 Å². The Morgan fingerprint density at radius 2 is 2.10 bits per heavy atom. The van der Waals surface area contributed by atoms with E-state index in [1.165, 1.54) is 12.8 Å². The monoisotopic (exact) mass is 142 g/mol. The predicted molar refractivity (Wildman–Crippen MR) is 44.0 cm³/mol. The fourth-order valence-electron chi connectivity index (χ4n) is 0.904. The van der Waals surface area contributed by atoms with Crippen molar-refractivity contribution in [3.8, 4) is 0 Å². The van der Waals surface area contributed by atoms with Crippen LogP contribution in [-0.4, -0.2) is 5.78 Å².